The number of hydrogen-bond acceptors (Lipinski definition) is 7. The van der Waals surface area contributed by atoms with Crippen LogP contribution in [0.2, 0.25) is 5.02 Å². The maximum atomic E-state index is 12.8. The van der Waals surface area contributed by atoms with Gasteiger partial charge in [0.15, 0.2) is 12.2 Å². The SMILES string of the molecule is CO[C@H]1[C@H](O)[C@@H](COCc2ccc3ccccc3c2)OC(OCc2ccc(Cl)cc2)[C@@H]1NC(=O)CCCN=C(N)N. The van der Waals surface area contributed by atoms with Crippen LogP contribution >= 0.6 is 11.6 Å². The molecule has 11 heteroatoms. The van der Waals surface area contributed by atoms with Crippen molar-refractivity contribution < 1.29 is 28.8 Å². The van der Waals surface area contributed by atoms with E-state index in [2.05, 4.69) is 22.4 Å². The van der Waals surface area contributed by atoms with Crippen LogP contribution < -0.4 is 16.8 Å². The molecule has 4 rings (SSSR count). The van der Waals surface area contributed by atoms with Crippen LogP contribution in [-0.4, -0.2) is 67.9 Å². The summed E-state index contributed by atoms with van der Waals surface area (Å²) in [5, 5.41) is 16.9. The highest BCUT2D eigenvalue weighted by atomic mass is 35.5. The lowest BCUT2D eigenvalue weighted by atomic mass is 9.96. The summed E-state index contributed by atoms with van der Waals surface area (Å²) in [6, 6.07) is 20.7. The van der Waals surface area contributed by atoms with Gasteiger partial charge in [-0.2, -0.15) is 0 Å². The molecule has 1 amide bonds. The highest BCUT2D eigenvalue weighted by Crippen LogP contribution is 2.26. The van der Waals surface area contributed by atoms with E-state index in [9.17, 15) is 9.90 Å². The van der Waals surface area contributed by atoms with Crippen LogP contribution in [0.15, 0.2) is 71.7 Å². The van der Waals surface area contributed by atoms with E-state index >= 15 is 0 Å². The number of halogens is 1. The third-order valence-electron chi connectivity index (χ3n) is 6.82. The summed E-state index contributed by atoms with van der Waals surface area (Å²) in [7, 11) is 1.47. The number of fused-ring (bicyclic) bond motifs is 1. The number of nitrogens with two attached hydrogens (primary N) is 2. The second kappa shape index (κ2) is 15.1. The molecule has 1 fully saturated rings. The molecule has 3 aromatic carbocycles. The number of methoxy groups -OCH3 is 1. The molecule has 1 aliphatic heterocycles. The van der Waals surface area contributed by atoms with E-state index in [1.54, 1.807) is 12.1 Å². The fourth-order valence-corrected chi connectivity index (χ4v) is 4.85. The van der Waals surface area contributed by atoms with Crippen molar-refractivity contribution in [1.82, 2.24) is 5.32 Å². The van der Waals surface area contributed by atoms with Gasteiger partial charge < -0.3 is 40.8 Å². The molecule has 0 aromatic heterocycles. The number of aliphatic hydroxyl groups is 1. The monoisotopic (exact) mass is 584 g/mol. The zero-order valence-corrected chi connectivity index (χ0v) is 23.7. The number of carbonyl (C=O) groups is 1. The van der Waals surface area contributed by atoms with Gasteiger partial charge in [0.1, 0.15) is 24.4 Å². The number of amides is 1. The maximum Gasteiger partial charge on any atom is 0.220 e. The largest absolute Gasteiger partial charge is 0.388 e. The van der Waals surface area contributed by atoms with Crippen LogP contribution in [-0.2, 0) is 37.0 Å². The number of rotatable bonds is 13. The van der Waals surface area contributed by atoms with E-state index < -0.39 is 30.6 Å². The molecule has 0 bridgehead atoms. The predicted octanol–water partition coefficient (Wildman–Crippen LogP) is 2.87. The van der Waals surface area contributed by atoms with Crippen LogP contribution in [0, 0.1) is 0 Å². The number of carbonyl (C=O) groups excluding carboxylic acids is 1. The predicted molar refractivity (Wildman–Crippen MR) is 157 cm³/mol. The molecular formula is C30H37ClN4O6. The van der Waals surface area contributed by atoms with Gasteiger partial charge in [-0.1, -0.05) is 60.1 Å². The zero-order valence-electron chi connectivity index (χ0n) is 22.9. The Labute approximate surface area is 244 Å². The molecule has 1 aliphatic rings. The quantitative estimate of drug-likeness (QED) is 0.136. The van der Waals surface area contributed by atoms with Crippen LogP contribution in [0.25, 0.3) is 10.8 Å². The van der Waals surface area contributed by atoms with Gasteiger partial charge in [-0.15, -0.1) is 0 Å². The summed E-state index contributed by atoms with van der Waals surface area (Å²) in [5.74, 6) is -0.303. The highest BCUT2D eigenvalue weighted by Gasteiger charge is 2.47. The number of ether oxygens (including phenoxy) is 4. The van der Waals surface area contributed by atoms with E-state index in [4.69, 9.17) is 42.0 Å². The Morgan fingerprint density at radius 2 is 1.78 bits per heavy atom. The minimum absolute atomic E-state index is 0.0294. The lowest BCUT2D eigenvalue weighted by Gasteiger charge is -2.44. The van der Waals surface area contributed by atoms with E-state index in [1.165, 1.54) is 7.11 Å². The summed E-state index contributed by atoms with van der Waals surface area (Å²) in [4.78, 5) is 16.7. The average molecular weight is 585 g/mol. The molecule has 6 N–H and O–H groups in total. The van der Waals surface area contributed by atoms with Crippen molar-refractivity contribution in [2.45, 2.75) is 56.7 Å². The van der Waals surface area contributed by atoms with Crippen molar-refractivity contribution >= 4 is 34.2 Å². The second-order valence-electron chi connectivity index (χ2n) is 9.87. The van der Waals surface area contributed by atoms with Crippen LogP contribution in [0.1, 0.15) is 24.0 Å². The fourth-order valence-electron chi connectivity index (χ4n) is 4.72. The van der Waals surface area contributed by atoms with E-state index in [-0.39, 0.29) is 31.5 Å². The normalized spacial score (nSPS) is 22.4. The summed E-state index contributed by atoms with van der Waals surface area (Å²) >= 11 is 6.01. The molecule has 1 saturated heterocycles. The number of benzene rings is 3. The van der Waals surface area contributed by atoms with Gasteiger partial charge in [0, 0.05) is 25.1 Å². The molecule has 0 saturated carbocycles. The van der Waals surface area contributed by atoms with Crippen LogP contribution in [0.3, 0.4) is 0 Å². The van der Waals surface area contributed by atoms with Crippen molar-refractivity contribution in [1.29, 1.82) is 0 Å². The van der Waals surface area contributed by atoms with E-state index in [0.717, 1.165) is 21.9 Å². The Kier molecular flexibility index (Phi) is 11.3. The number of nitrogens with one attached hydrogen (secondary N) is 1. The highest BCUT2D eigenvalue weighted by molar-refractivity contribution is 6.30. The van der Waals surface area contributed by atoms with Crippen molar-refractivity contribution in [2.75, 3.05) is 20.3 Å². The van der Waals surface area contributed by atoms with Gasteiger partial charge in [-0.05, 0) is 46.5 Å². The third kappa shape index (κ3) is 8.87. The Bertz CT molecular complexity index is 1300. The first-order valence-electron chi connectivity index (χ1n) is 13.5. The first kappa shape index (κ1) is 30.7. The third-order valence-corrected chi connectivity index (χ3v) is 7.07. The fraction of sp³-hybridized carbons (Fsp3) is 0.400. The minimum atomic E-state index is -1.08. The molecule has 0 spiro atoms. The lowest BCUT2D eigenvalue weighted by molar-refractivity contribution is -0.279. The molecule has 41 heavy (non-hydrogen) atoms. The smallest absolute Gasteiger partial charge is 0.220 e. The maximum absolute atomic E-state index is 12.8. The molecule has 0 aliphatic carbocycles. The summed E-state index contributed by atoms with van der Waals surface area (Å²) in [6.07, 6.45) is -2.96. The number of hydrogen-bond donors (Lipinski definition) is 4. The Morgan fingerprint density at radius 1 is 1.05 bits per heavy atom. The van der Waals surface area contributed by atoms with Gasteiger partial charge >= 0.3 is 0 Å². The molecule has 1 heterocycles. The first-order chi connectivity index (χ1) is 19.8. The van der Waals surface area contributed by atoms with Crippen molar-refractivity contribution in [3.8, 4) is 0 Å². The van der Waals surface area contributed by atoms with Crippen molar-refractivity contribution in [3.63, 3.8) is 0 Å². The molecule has 0 radical (unpaired) electrons. The molecule has 3 aromatic rings. The van der Waals surface area contributed by atoms with Crippen molar-refractivity contribution in [2.24, 2.45) is 16.5 Å². The second-order valence-corrected chi connectivity index (χ2v) is 10.3. The minimum Gasteiger partial charge on any atom is -0.388 e. The number of aliphatic imine (C=N–C) groups is 1. The summed E-state index contributed by atoms with van der Waals surface area (Å²) < 4.78 is 23.9. The van der Waals surface area contributed by atoms with Gasteiger partial charge in [-0.25, -0.2) is 0 Å². The van der Waals surface area contributed by atoms with Gasteiger partial charge in [0.2, 0.25) is 5.91 Å². The number of guanidine groups is 1. The van der Waals surface area contributed by atoms with E-state index in [0.29, 0.717) is 24.6 Å². The Hall–Kier alpha value is -3.25. The number of aliphatic hydroxyl groups excluding tert-OH is 1. The zero-order chi connectivity index (χ0) is 29.2. The molecule has 220 valence electrons. The standard InChI is InChI=1S/C30H37ClN4O6/c1-38-28-26(35-25(36)7-4-14-34-30(32)33)29(40-17-19-9-12-23(31)13-10-19)41-24(27(28)37)18-39-16-20-8-11-21-5-2-3-6-22(21)15-20/h2-3,5-6,8-13,15,24,26-29,37H,4,7,14,16-18H2,1H3,(H,35,36)(H4,32,33,34)/t24-,26-,27-,28-,29?/m1/s1. The Morgan fingerprint density at radius 3 is 2.51 bits per heavy atom. The van der Waals surface area contributed by atoms with Crippen LogP contribution in [0.4, 0.5) is 0 Å². The van der Waals surface area contributed by atoms with Crippen LogP contribution in [0.5, 0.6) is 0 Å². The topological polar surface area (TPSA) is 151 Å². The first-order valence-corrected chi connectivity index (χ1v) is 13.8. The molecule has 1 unspecified atom stereocenters. The Balaban J connectivity index is 1.42. The van der Waals surface area contributed by atoms with Gasteiger partial charge in [-0.3, -0.25) is 9.79 Å². The van der Waals surface area contributed by atoms with Gasteiger partial charge in [0.05, 0.1) is 19.8 Å². The molecule has 10 nitrogen and oxygen atoms in total. The number of nitrogens with zero attached hydrogens (tertiary/aromatic N) is 1. The lowest BCUT2D eigenvalue weighted by Crippen LogP contribution is -2.65. The van der Waals surface area contributed by atoms with Crippen molar-refractivity contribution in [3.05, 3.63) is 82.9 Å². The summed E-state index contributed by atoms with van der Waals surface area (Å²) in [5.41, 5.74) is 12.6. The average Bonchev–Trinajstić information content (AvgIpc) is 2.96. The molecular weight excluding hydrogens is 548 g/mol. The summed E-state index contributed by atoms with van der Waals surface area (Å²) in [6.45, 7) is 0.936. The molecule has 5 atom stereocenters. The van der Waals surface area contributed by atoms with Gasteiger partial charge in [0.25, 0.3) is 0 Å². The van der Waals surface area contributed by atoms with E-state index in [1.807, 2.05) is 42.5 Å².